The van der Waals surface area contributed by atoms with Crippen molar-refractivity contribution < 1.29 is 9.53 Å². The summed E-state index contributed by atoms with van der Waals surface area (Å²) in [6.45, 7) is 4.83. The third-order valence-corrected chi connectivity index (χ3v) is 2.40. The lowest BCUT2D eigenvalue weighted by atomic mass is 10.2. The summed E-state index contributed by atoms with van der Waals surface area (Å²) < 4.78 is 5.31. The van der Waals surface area contributed by atoms with Crippen LogP contribution >= 0.6 is 11.6 Å². The van der Waals surface area contributed by atoms with E-state index in [2.05, 4.69) is 15.7 Å². The average molecular weight is 273 g/mol. The van der Waals surface area contributed by atoms with E-state index in [1.165, 1.54) is 12.1 Å². The molecule has 0 radical (unpaired) electrons. The van der Waals surface area contributed by atoms with Crippen molar-refractivity contribution in [3.63, 3.8) is 0 Å². The molecule has 7 heteroatoms. The summed E-state index contributed by atoms with van der Waals surface area (Å²) in [6, 6.07) is 3.00. The van der Waals surface area contributed by atoms with Crippen LogP contribution in [0.2, 0.25) is 5.15 Å². The molecule has 0 aliphatic heterocycles. The number of amides is 1. The fraction of sp³-hybridized carbons (Fsp3) is 0.455. The van der Waals surface area contributed by atoms with Crippen LogP contribution in [0, 0.1) is 0 Å². The van der Waals surface area contributed by atoms with Crippen LogP contribution < -0.4 is 16.6 Å². The van der Waals surface area contributed by atoms with Gasteiger partial charge in [-0.25, -0.2) is 10.8 Å². The molecule has 18 heavy (non-hydrogen) atoms. The second-order valence-corrected chi connectivity index (χ2v) is 4.07. The highest BCUT2D eigenvalue weighted by atomic mass is 35.5. The summed E-state index contributed by atoms with van der Waals surface area (Å²) in [6.07, 6.45) is -0.0386. The van der Waals surface area contributed by atoms with Crippen LogP contribution in [-0.4, -0.2) is 30.1 Å². The van der Waals surface area contributed by atoms with Crippen molar-refractivity contribution >= 4 is 23.3 Å². The highest BCUT2D eigenvalue weighted by Gasteiger charge is 2.10. The van der Waals surface area contributed by atoms with Crippen LogP contribution in [0.5, 0.6) is 0 Å². The number of anilines is 1. The molecular formula is C11H17ClN4O2. The first-order valence-electron chi connectivity index (χ1n) is 5.60. The van der Waals surface area contributed by atoms with Gasteiger partial charge in [-0.05, 0) is 26.0 Å². The molecule has 1 aromatic rings. The summed E-state index contributed by atoms with van der Waals surface area (Å²) in [5.74, 6) is 5.32. The number of nitrogens with zero attached hydrogens (tertiary/aromatic N) is 1. The molecule has 0 fully saturated rings. The summed E-state index contributed by atoms with van der Waals surface area (Å²) in [5.41, 5.74) is 2.74. The Hall–Kier alpha value is -1.37. The molecule has 1 amide bonds. The van der Waals surface area contributed by atoms with Crippen LogP contribution in [0.3, 0.4) is 0 Å². The third-order valence-electron chi connectivity index (χ3n) is 2.21. The molecule has 1 atom stereocenters. The fourth-order valence-electron chi connectivity index (χ4n) is 1.38. The van der Waals surface area contributed by atoms with E-state index in [0.29, 0.717) is 24.5 Å². The number of hydrogen-bond acceptors (Lipinski definition) is 5. The minimum atomic E-state index is -0.248. The van der Waals surface area contributed by atoms with E-state index in [1.807, 2.05) is 13.8 Å². The normalized spacial score (nSPS) is 12.0. The molecule has 1 heterocycles. The van der Waals surface area contributed by atoms with Gasteiger partial charge >= 0.3 is 0 Å². The van der Waals surface area contributed by atoms with Gasteiger partial charge in [0, 0.05) is 18.7 Å². The van der Waals surface area contributed by atoms with Crippen LogP contribution in [-0.2, 0) is 4.74 Å². The minimum absolute atomic E-state index is 0.0386. The van der Waals surface area contributed by atoms with E-state index >= 15 is 0 Å². The first kappa shape index (κ1) is 14.7. The smallest absolute Gasteiger partial charge is 0.251 e. The van der Waals surface area contributed by atoms with Crippen molar-refractivity contribution in [2.75, 3.05) is 18.6 Å². The molecule has 0 bridgehead atoms. The Balaban J connectivity index is 2.63. The molecule has 1 rings (SSSR count). The average Bonchev–Trinajstić information content (AvgIpc) is 2.35. The zero-order chi connectivity index (χ0) is 13.5. The highest BCUT2D eigenvalue weighted by molar-refractivity contribution is 6.29. The van der Waals surface area contributed by atoms with Gasteiger partial charge in [-0.2, -0.15) is 0 Å². The van der Waals surface area contributed by atoms with Crippen LogP contribution in [0.1, 0.15) is 24.2 Å². The number of rotatable bonds is 6. The first-order valence-corrected chi connectivity index (χ1v) is 5.98. The van der Waals surface area contributed by atoms with Crippen molar-refractivity contribution in [3.05, 3.63) is 22.8 Å². The Bertz CT molecular complexity index is 414. The molecule has 0 saturated heterocycles. The van der Waals surface area contributed by atoms with Crippen molar-refractivity contribution in [1.29, 1.82) is 0 Å². The van der Waals surface area contributed by atoms with Gasteiger partial charge in [0.05, 0.1) is 6.10 Å². The number of nitrogen functional groups attached to an aromatic ring is 1. The van der Waals surface area contributed by atoms with Gasteiger partial charge in [-0.3, -0.25) is 4.79 Å². The van der Waals surface area contributed by atoms with E-state index < -0.39 is 0 Å². The zero-order valence-corrected chi connectivity index (χ0v) is 11.1. The lowest BCUT2D eigenvalue weighted by molar-refractivity contribution is 0.0695. The van der Waals surface area contributed by atoms with Crippen molar-refractivity contribution in [2.24, 2.45) is 5.84 Å². The molecule has 1 aromatic heterocycles. The maximum atomic E-state index is 11.9. The molecule has 100 valence electrons. The zero-order valence-electron chi connectivity index (χ0n) is 10.4. The SMILES string of the molecule is CCOC(C)CNC(=O)c1cc(Cl)nc(NN)c1. The number of halogens is 1. The summed E-state index contributed by atoms with van der Waals surface area (Å²) in [5, 5.41) is 2.95. The second-order valence-electron chi connectivity index (χ2n) is 3.68. The molecule has 1 unspecified atom stereocenters. The van der Waals surface area contributed by atoms with Crippen LogP contribution in [0.15, 0.2) is 12.1 Å². The van der Waals surface area contributed by atoms with Crippen molar-refractivity contribution in [2.45, 2.75) is 20.0 Å². The Morgan fingerprint density at radius 2 is 2.33 bits per heavy atom. The molecule has 6 nitrogen and oxygen atoms in total. The number of hydrazine groups is 1. The van der Waals surface area contributed by atoms with Crippen LogP contribution in [0.4, 0.5) is 5.82 Å². The number of ether oxygens (including phenoxy) is 1. The first-order chi connectivity index (χ1) is 8.56. The van der Waals surface area contributed by atoms with Gasteiger partial charge in [0.1, 0.15) is 11.0 Å². The second kappa shape index (κ2) is 7.15. The summed E-state index contributed by atoms with van der Waals surface area (Å²) >= 11 is 5.77. The number of carbonyl (C=O) groups is 1. The van der Waals surface area contributed by atoms with Gasteiger partial charge in [-0.1, -0.05) is 11.6 Å². The maximum absolute atomic E-state index is 11.9. The number of nitrogens with one attached hydrogen (secondary N) is 2. The molecule has 0 saturated carbocycles. The lowest BCUT2D eigenvalue weighted by Crippen LogP contribution is -2.32. The minimum Gasteiger partial charge on any atom is -0.377 e. The van der Waals surface area contributed by atoms with Gasteiger partial charge in [-0.15, -0.1) is 0 Å². The van der Waals surface area contributed by atoms with E-state index in [9.17, 15) is 4.79 Å². The summed E-state index contributed by atoms with van der Waals surface area (Å²) in [4.78, 5) is 15.7. The monoisotopic (exact) mass is 272 g/mol. The quantitative estimate of drug-likeness (QED) is 0.411. The Morgan fingerprint density at radius 1 is 1.61 bits per heavy atom. The maximum Gasteiger partial charge on any atom is 0.251 e. The number of pyridine rings is 1. The topological polar surface area (TPSA) is 89.3 Å². The lowest BCUT2D eigenvalue weighted by Gasteiger charge is -2.13. The molecular weight excluding hydrogens is 256 g/mol. The van der Waals surface area contributed by atoms with Crippen LogP contribution in [0.25, 0.3) is 0 Å². The van der Waals surface area contributed by atoms with Gasteiger partial charge in [0.2, 0.25) is 0 Å². The van der Waals surface area contributed by atoms with E-state index in [0.717, 1.165) is 0 Å². The Labute approximate surface area is 111 Å². The molecule has 4 N–H and O–H groups in total. The van der Waals surface area contributed by atoms with Gasteiger partial charge < -0.3 is 15.5 Å². The molecule has 0 aliphatic rings. The number of aromatic nitrogens is 1. The van der Waals surface area contributed by atoms with Crippen molar-refractivity contribution in [1.82, 2.24) is 10.3 Å². The molecule has 0 spiro atoms. The highest BCUT2D eigenvalue weighted by Crippen LogP contribution is 2.13. The molecule has 0 aromatic carbocycles. The number of hydrogen-bond donors (Lipinski definition) is 3. The predicted molar refractivity (Wildman–Crippen MR) is 70.5 cm³/mol. The summed E-state index contributed by atoms with van der Waals surface area (Å²) in [7, 11) is 0. The number of nitrogens with two attached hydrogens (primary N) is 1. The largest absolute Gasteiger partial charge is 0.377 e. The standard InChI is InChI=1S/C11H17ClN4O2/c1-3-18-7(2)6-14-11(17)8-4-9(12)15-10(5-8)16-13/h4-5,7H,3,6,13H2,1-2H3,(H,14,17)(H,15,16). The molecule has 0 aliphatic carbocycles. The third kappa shape index (κ3) is 4.48. The van der Waals surface area contributed by atoms with E-state index in [4.69, 9.17) is 22.2 Å². The van der Waals surface area contributed by atoms with Crippen molar-refractivity contribution in [3.8, 4) is 0 Å². The van der Waals surface area contributed by atoms with Gasteiger partial charge in [0.25, 0.3) is 5.91 Å². The Kier molecular flexibility index (Phi) is 5.84. The fourth-order valence-corrected chi connectivity index (χ4v) is 1.59. The Morgan fingerprint density at radius 3 is 2.94 bits per heavy atom. The predicted octanol–water partition coefficient (Wildman–Crippen LogP) is 1.18. The van der Waals surface area contributed by atoms with E-state index in [-0.39, 0.29) is 17.2 Å². The van der Waals surface area contributed by atoms with Gasteiger partial charge in [0.15, 0.2) is 0 Å². The van der Waals surface area contributed by atoms with E-state index in [1.54, 1.807) is 0 Å². The number of carbonyl (C=O) groups excluding carboxylic acids is 1.